The van der Waals surface area contributed by atoms with Gasteiger partial charge in [0.25, 0.3) is 5.91 Å². The molecule has 1 aliphatic rings. The van der Waals surface area contributed by atoms with E-state index in [1.54, 1.807) is 32.3 Å². The van der Waals surface area contributed by atoms with Gasteiger partial charge in [-0.3, -0.25) is 9.59 Å². The largest absolute Gasteiger partial charge is 0.482 e. The molecule has 1 aliphatic heterocycles. The number of carbonyl (C=O) groups excluding carboxylic acids is 2. The van der Waals surface area contributed by atoms with Crippen molar-refractivity contribution in [1.29, 1.82) is 0 Å². The van der Waals surface area contributed by atoms with E-state index in [-0.39, 0.29) is 18.3 Å². The molecule has 0 aromatic heterocycles. The zero-order chi connectivity index (χ0) is 14.2. The van der Waals surface area contributed by atoms with Gasteiger partial charge in [0.15, 0.2) is 12.4 Å². The van der Waals surface area contributed by atoms with Crippen molar-refractivity contribution in [2.45, 2.75) is 19.4 Å². The van der Waals surface area contributed by atoms with Crippen LogP contribution in [-0.2, 0) is 4.79 Å². The Morgan fingerprint density at radius 2 is 2.11 bits per heavy atom. The van der Waals surface area contributed by atoms with Gasteiger partial charge in [0.05, 0.1) is 11.2 Å². The predicted octanol–water partition coefficient (Wildman–Crippen LogP) is 1.22. The normalized spacial score (nSPS) is 14.9. The molecule has 5 nitrogen and oxygen atoms in total. The molecule has 19 heavy (non-hydrogen) atoms. The van der Waals surface area contributed by atoms with E-state index in [9.17, 15) is 9.59 Å². The molecule has 1 aromatic carbocycles. The maximum atomic E-state index is 12.4. The van der Waals surface area contributed by atoms with Crippen molar-refractivity contribution < 1.29 is 14.3 Å². The van der Waals surface area contributed by atoms with Crippen LogP contribution in [0.1, 0.15) is 24.2 Å². The average Bonchev–Trinajstić information content (AvgIpc) is 2.42. The Bertz CT molecular complexity index is 537. The Kier molecular flexibility index (Phi) is 3.32. The van der Waals surface area contributed by atoms with Crippen molar-refractivity contribution in [2.75, 3.05) is 25.6 Å². The van der Waals surface area contributed by atoms with Crippen molar-refractivity contribution in [1.82, 2.24) is 5.32 Å². The number of ketones is 1. The van der Waals surface area contributed by atoms with E-state index in [1.807, 2.05) is 13.8 Å². The van der Waals surface area contributed by atoms with E-state index >= 15 is 0 Å². The fourth-order valence-electron chi connectivity index (χ4n) is 1.89. The number of ether oxygens (including phenoxy) is 1. The highest BCUT2D eigenvalue weighted by atomic mass is 16.5. The smallest absolute Gasteiger partial charge is 0.264 e. The van der Waals surface area contributed by atoms with Crippen LogP contribution in [0.2, 0.25) is 0 Å². The van der Waals surface area contributed by atoms with Gasteiger partial charge >= 0.3 is 0 Å². The number of Topliss-reactive ketones (excluding diaryl/α,β-unsaturated/α-hetero) is 1. The summed E-state index contributed by atoms with van der Waals surface area (Å²) in [5, 5.41) is 2.98. The van der Waals surface area contributed by atoms with Crippen LogP contribution < -0.4 is 15.0 Å². The van der Waals surface area contributed by atoms with E-state index < -0.39 is 5.54 Å². The summed E-state index contributed by atoms with van der Waals surface area (Å²) in [6, 6.07) is 5.16. The molecular formula is C14H18N2O3. The lowest BCUT2D eigenvalue weighted by atomic mass is 9.93. The number of benzene rings is 1. The maximum absolute atomic E-state index is 12.4. The lowest BCUT2D eigenvalue weighted by Gasteiger charge is -2.27. The van der Waals surface area contributed by atoms with Crippen LogP contribution >= 0.6 is 0 Å². The topological polar surface area (TPSA) is 58.6 Å². The lowest BCUT2D eigenvalue weighted by molar-refractivity contribution is -0.120. The number of likely N-dealkylation sites (N-methyl/N-ethyl adjacent to an activating group) is 2. The first-order chi connectivity index (χ1) is 8.86. The molecule has 0 saturated carbocycles. The van der Waals surface area contributed by atoms with Crippen molar-refractivity contribution in [2.24, 2.45) is 0 Å². The van der Waals surface area contributed by atoms with Gasteiger partial charge in [0, 0.05) is 12.6 Å². The molecule has 0 fully saturated rings. The summed E-state index contributed by atoms with van der Waals surface area (Å²) >= 11 is 0. The minimum Gasteiger partial charge on any atom is -0.482 e. The first kappa shape index (κ1) is 13.5. The second-order valence-corrected chi connectivity index (χ2v) is 5.13. The number of fused-ring (bicyclic) bond motifs is 1. The second kappa shape index (κ2) is 4.66. The van der Waals surface area contributed by atoms with Crippen molar-refractivity contribution in [3.8, 4) is 5.75 Å². The van der Waals surface area contributed by atoms with Gasteiger partial charge in [-0.1, -0.05) is 0 Å². The molecule has 1 heterocycles. The summed E-state index contributed by atoms with van der Waals surface area (Å²) in [5.74, 6) is 0.482. The summed E-state index contributed by atoms with van der Waals surface area (Å²) in [6.07, 6.45) is 0. The average molecular weight is 262 g/mol. The van der Waals surface area contributed by atoms with Crippen LogP contribution in [0.25, 0.3) is 0 Å². The van der Waals surface area contributed by atoms with Crippen LogP contribution in [0.4, 0.5) is 5.69 Å². The number of anilines is 1. The lowest BCUT2D eigenvalue weighted by Crippen LogP contribution is -2.44. The minimum atomic E-state index is -0.646. The third-order valence-corrected chi connectivity index (χ3v) is 3.50. The summed E-state index contributed by atoms with van der Waals surface area (Å²) in [5.41, 5.74) is 0.545. The molecule has 0 saturated heterocycles. The SMILES string of the molecule is CNC(C)(C)C(=O)c1ccc2c(c1)N(C)C(=O)CO2. The zero-order valence-corrected chi connectivity index (χ0v) is 11.6. The molecule has 0 spiro atoms. The highest BCUT2D eigenvalue weighted by molar-refractivity contribution is 6.05. The maximum Gasteiger partial charge on any atom is 0.264 e. The third kappa shape index (κ3) is 2.33. The third-order valence-electron chi connectivity index (χ3n) is 3.50. The quantitative estimate of drug-likeness (QED) is 0.832. The molecule has 0 radical (unpaired) electrons. The summed E-state index contributed by atoms with van der Waals surface area (Å²) in [4.78, 5) is 25.5. The molecule has 0 unspecified atom stereocenters. The molecule has 0 bridgehead atoms. The molecule has 2 rings (SSSR count). The fourth-order valence-corrected chi connectivity index (χ4v) is 1.89. The minimum absolute atomic E-state index is 0.0239. The monoisotopic (exact) mass is 262 g/mol. The molecule has 5 heteroatoms. The van der Waals surface area contributed by atoms with Gasteiger partial charge in [-0.25, -0.2) is 0 Å². The second-order valence-electron chi connectivity index (χ2n) is 5.13. The van der Waals surface area contributed by atoms with Gasteiger partial charge in [-0.05, 0) is 39.1 Å². The van der Waals surface area contributed by atoms with Crippen molar-refractivity contribution in [3.05, 3.63) is 23.8 Å². The highest BCUT2D eigenvalue weighted by Crippen LogP contribution is 2.32. The van der Waals surface area contributed by atoms with Crippen molar-refractivity contribution in [3.63, 3.8) is 0 Å². The van der Waals surface area contributed by atoms with Gasteiger partial charge in [-0.2, -0.15) is 0 Å². The molecular weight excluding hydrogens is 244 g/mol. The predicted molar refractivity (Wildman–Crippen MR) is 72.8 cm³/mol. The van der Waals surface area contributed by atoms with E-state index in [0.29, 0.717) is 17.0 Å². The van der Waals surface area contributed by atoms with Gasteiger partial charge < -0.3 is 15.0 Å². The standard InChI is InChI=1S/C14H18N2O3/c1-14(2,15-3)13(18)9-5-6-11-10(7-9)16(4)12(17)8-19-11/h5-7,15H,8H2,1-4H3. The van der Waals surface area contributed by atoms with Gasteiger partial charge in [0.2, 0.25) is 0 Å². The molecule has 1 amide bonds. The molecule has 0 aliphatic carbocycles. The summed E-state index contributed by atoms with van der Waals surface area (Å²) in [6.45, 7) is 3.68. The Morgan fingerprint density at radius 1 is 1.42 bits per heavy atom. The molecule has 102 valence electrons. The number of hydrogen-bond acceptors (Lipinski definition) is 4. The number of carbonyl (C=O) groups is 2. The van der Waals surface area contributed by atoms with Crippen LogP contribution in [0.3, 0.4) is 0 Å². The fraction of sp³-hybridized carbons (Fsp3) is 0.429. The van der Waals surface area contributed by atoms with E-state index in [2.05, 4.69) is 5.32 Å². The Balaban J connectivity index is 2.41. The number of nitrogens with one attached hydrogen (secondary N) is 1. The van der Waals surface area contributed by atoms with Crippen molar-refractivity contribution >= 4 is 17.4 Å². The van der Waals surface area contributed by atoms with Crippen LogP contribution in [0.15, 0.2) is 18.2 Å². The van der Waals surface area contributed by atoms with Gasteiger partial charge in [-0.15, -0.1) is 0 Å². The summed E-state index contributed by atoms with van der Waals surface area (Å²) < 4.78 is 5.33. The van der Waals surface area contributed by atoms with E-state index in [4.69, 9.17) is 4.74 Å². The summed E-state index contributed by atoms with van der Waals surface area (Å²) in [7, 11) is 3.43. The zero-order valence-electron chi connectivity index (χ0n) is 11.6. The number of amides is 1. The Morgan fingerprint density at radius 3 is 2.74 bits per heavy atom. The molecule has 1 N–H and O–H groups in total. The number of rotatable bonds is 3. The van der Waals surface area contributed by atoms with E-state index in [1.165, 1.54) is 4.90 Å². The van der Waals surface area contributed by atoms with Crippen LogP contribution in [0, 0.1) is 0 Å². The molecule has 1 aromatic rings. The van der Waals surface area contributed by atoms with E-state index in [0.717, 1.165) is 0 Å². The molecule has 0 atom stereocenters. The number of hydrogen-bond donors (Lipinski definition) is 1. The van der Waals surface area contributed by atoms with Crippen LogP contribution in [0.5, 0.6) is 5.75 Å². The Hall–Kier alpha value is -1.88. The first-order valence-corrected chi connectivity index (χ1v) is 6.14. The highest BCUT2D eigenvalue weighted by Gasteiger charge is 2.29. The van der Waals surface area contributed by atoms with Crippen LogP contribution in [-0.4, -0.2) is 37.9 Å². The van der Waals surface area contributed by atoms with Gasteiger partial charge in [0.1, 0.15) is 5.75 Å². The first-order valence-electron chi connectivity index (χ1n) is 6.14. The Labute approximate surface area is 112 Å². The number of nitrogens with zero attached hydrogens (tertiary/aromatic N) is 1.